The van der Waals surface area contributed by atoms with Crippen molar-refractivity contribution < 1.29 is 14.6 Å². The molecule has 0 spiro atoms. The highest BCUT2D eigenvalue weighted by molar-refractivity contribution is 5.67. The van der Waals surface area contributed by atoms with Crippen molar-refractivity contribution in [3.63, 3.8) is 0 Å². The topological polar surface area (TPSA) is 92.5 Å². The van der Waals surface area contributed by atoms with Crippen molar-refractivity contribution in [2.45, 2.75) is 46.4 Å². The van der Waals surface area contributed by atoms with E-state index >= 15 is 0 Å². The van der Waals surface area contributed by atoms with Gasteiger partial charge >= 0.3 is 6.09 Å². The first-order valence-corrected chi connectivity index (χ1v) is 7.86. The van der Waals surface area contributed by atoms with Crippen LogP contribution >= 0.6 is 0 Å². The third-order valence-electron chi connectivity index (χ3n) is 3.00. The van der Waals surface area contributed by atoms with Crippen molar-refractivity contribution in [3.05, 3.63) is 11.9 Å². The number of carbonyl (C=O) groups is 1. The SMILES string of the molecule is CC(CNCc1cn(CCO)nn1)CN(C)C(=O)OC(C)(C)C. The standard InChI is InChI=1S/C15H29N5O3/c1-12(10-19(5)14(22)23-15(2,3)4)8-16-9-13-11-20(6-7-21)18-17-13/h11-12,16,21H,6-10H2,1-5H3. The summed E-state index contributed by atoms with van der Waals surface area (Å²) >= 11 is 0. The highest BCUT2D eigenvalue weighted by Crippen LogP contribution is 2.10. The van der Waals surface area contributed by atoms with E-state index in [1.807, 2.05) is 20.8 Å². The fourth-order valence-electron chi connectivity index (χ4n) is 2.02. The average molecular weight is 327 g/mol. The van der Waals surface area contributed by atoms with Gasteiger partial charge in [0.15, 0.2) is 0 Å². The molecule has 0 saturated heterocycles. The van der Waals surface area contributed by atoms with Gasteiger partial charge in [0, 0.05) is 26.3 Å². The van der Waals surface area contributed by atoms with Gasteiger partial charge in [-0.1, -0.05) is 12.1 Å². The Hall–Kier alpha value is -1.67. The molecule has 0 saturated carbocycles. The monoisotopic (exact) mass is 327 g/mol. The van der Waals surface area contributed by atoms with Gasteiger partial charge in [0.1, 0.15) is 5.60 Å². The quantitative estimate of drug-likeness (QED) is 0.736. The number of aromatic nitrogens is 3. The second-order valence-electron chi connectivity index (χ2n) is 6.79. The van der Waals surface area contributed by atoms with E-state index in [1.165, 1.54) is 0 Å². The van der Waals surface area contributed by atoms with Crippen molar-refractivity contribution in [2.24, 2.45) is 5.92 Å². The summed E-state index contributed by atoms with van der Waals surface area (Å²) in [5, 5.41) is 20.0. The summed E-state index contributed by atoms with van der Waals surface area (Å²) in [5.41, 5.74) is 0.346. The van der Waals surface area contributed by atoms with Gasteiger partial charge in [0.2, 0.25) is 0 Å². The molecule has 0 aliphatic rings. The van der Waals surface area contributed by atoms with Gasteiger partial charge in [0.25, 0.3) is 0 Å². The first-order valence-electron chi connectivity index (χ1n) is 7.86. The van der Waals surface area contributed by atoms with Crippen LogP contribution in [0.2, 0.25) is 0 Å². The zero-order chi connectivity index (χ0) is 17.5. The van der Waals surface area contributed by atoms with E-state index in [-0.39, 0.29) is 18.6 Å². The van der Waals surface area contributed by atoms with Crippen LogP contribution < -0.4 is 5.32 Å². The van der Waals surface area contributed by atoms with Gasteiger partial charge in [-0.3, -0.25) is 0 Å². The number of hydrogen-bond acceptors (Lipinski definition) is 6. The third-order valence-corrected chi connectivity index (χ3v) is 3.00. The lowest BCUT2D eigenvalue weighted by atomic mass is 10.1. The Morgan fingerprint density at radius 1 is 1.52 bits per heavy atom. The first-order chi connectivity index (χ1) is 10.7. The number of nitrogens with one attached hydrogen (secondary N) is 1. The van der Waals surface area contributed by atoms with Crippen LogP contribution in [0.15, 0.2) is 6.20 Å². The van der Waals surface area contributed by atoms with Crippen LogP contribution in [0.3, 0.4) is 0 Å². The van der Waals surface area contributed by atoms with Gasteiger partial charge in [0.05, 0.1) is 18.8 Å². The van der Waals surface area contributed by atoms with Crippen LogP contribution in [0.4, 0.5) is 4.79 Å². The molecule has 8 nitrogen and oxygen atoms in total. The molecule has 0 aliphatic carbocycles. The van der Waals surface area contributed by atoms with Gasteiger partial charge in [-0.05, 0) is 33.2 Å². The normalized spacial score (nSPS) is 13.0. The van der Waals surface area contributed by atoms with E-state index in [9.17, 15) is 4.79 Å². The minimum Gasteiger partial charge on any atom is -0.444 e. The zero-order valence-corrected chi connectivity index (χ0v) is 14.7. The van der Waals surface area contributed by atoms with E-state index in [0.717, 1.165) is 12.2 Å². The Kier molecular flexibility index (Phi) is 7.44. The molecule has 1 aromatic rings. The van der Waals surface area contributed by atoms with Crippen LogP contribution in [-0.2, 0) is 17.8 Å². The van der Waals surface area contributed by atoms with Crippen molar-refractivity contribution in [3.8, 4) is 0 Å². The number of aliphatic hydroxyl groups excluding tert-OH is 1. The molecule has 1 amide bonds. The second kappa shape index (κ2) is 8.83. The molecule has 8 heteroatoms. The van der Waals surface area contributed by atoms with Crippen molar-refractivity contribution in [1.82, 2.24) is 25.2 Å². The summed E-state index contributed by atoms with van der Waals surface area (Å²) in [4.78, 5) is 13.5. The maximum absolute atomic E-state index is 11.9. The number of hydrogen-bond donors (Lipinski definition) is 2. The molecule has 1 aromatic heterocycles. The van der Waals surface area contributed by atoms with Crippen molar-refractivity contribution in [2.75, 3.05) is 26.7 Å². The van der Waals surface area contributed by atoms with E-state index in [0.29, 0.717) is 19.6 Å². The van der Waals surface area contributed by atoms with Crippen molar-refractivity contribution >= 4 is 6.09 Å². The zero-order valence-electron chi connectivity index (χ0n) is 14.7. The molecule has 0 aromatic carbocycles. The Bertz CT molecular complexity index is 484. The van der Waals surface area contributed by atoms with Crippen LogP contribution in [0.1, 0.15) is 33.4 Å². The fourth-order valence-corrected chi connectivity index (χ4v) is 2.02. The summed E-state index contributed by atoms with van der Waals surface area (Å²) in [5.74, 6) is 0.278. The largest absolute Gasteiger partial charge is 0.444 e. The third kappa shape index (κ3) is 7.94. The highest BCUT2D eigenvalue weighted by atomic mass is 16.6. The number of ether oxygens (including phenoxy) is 1. The number of carbonyl (C=O) groups excluding carboxylic acids is 1. The lowest BCUT2D eigenvalue weighted by Gasteiger charge is -2.26. The lowest BCUT2D eigenvalue weighted by molar-refractivity contribution is 0.0277. The summed E-state index contributed by atoms with van der Waals surface area (Å²) in [6.07, 6.45) is 1.50. The van der Waals surface area contributed by atoms with Gasteiger partial charge < -0.3 is 20.1 Å². The minimum absolute atomic E-state index is 0.0459. The van der Waals surface area contributed by atoms with E-state index in [1.54, 1.807) is 22.8 Å². The number of rotatable bonds is 8. The molecule has 0 aliphatic heterocycles. The highest BCUT2D eigenvalue weighted by Gasteiger charge is 2.20. The minimum atomic E-state index is -0.479. The molecule has 2 N–H and O–H groups in total. The summed E-state index contributed by atoms with van der Waals surface area (Å²) in [7, 11) is 1.74. The van der Waals surface area contributed by atoms with Crippen LogP contribution in [0.5, 0.6) is 0 Å². The molecule has 132 valence electrons. The fraction of sp³-hybridized carbons (Fsp3) is 0.800. The van der Waals surface area contributed by atoms with Crippen LogP contribution in [0.25, 0.3) is 0 Å². The molecule has 23 heavy (non-hydrogen) atoms. The van der Waals surface area contributed by atoms with Gasteiger partial charge in [-0.15, -0.1) is 5.10 Å². The van der Waals surface area contributed by atoms with E-state index in [2.05, 4.69) is 22.6 Å². The molecule has 0 fully saturated rings. The predicted octanol–water partition coefficient (Wildman–Crippen LogP) is 0.863. The smallest absolute Gasteiger partial charge is 0.410 e. The van der Waals surface area contributed by atoms with Gasteiger partial charge in [-0.2, -0.15) is 0 Å². The second-order valence-corrected chi connectivity index (χ2v) is 6.79. The average Bonchev–Trinajstić information content (AvgIpc) is 2.84. The molecular formula is C15H29N5O3. The molecular weight excluding hydrogens is 298 g/mol. The maximum atomic E-state index is 11.9. The van der Waals surface area contributed by atoms with Crippen molar-refractivity contribution in [1.29, 1.82) is 0 Å². The molecule has 1 heterocycles. The Morgan fingerprint density at radius 2 is 2.22 bits per heavy atom. The van der Waals surface area contributed by atoms with E-state index < -0.39 is 5.60 Å². The summed E-state index contributed by atoms with van der Waals surface area (Å²) in [6.45, 7) is 10.1. The number of amides is 1. The van der Waals surface area contributed by atoms with E-state index in [4.69, 9.17) is 9.84 Å². The maximum Gasteiger partial charge on any atom is 0.410 e. The molecule has 1 unspecified atom stereocenters. The molecule has 1 atom stereocenters. The number of aliphatic hydroxyl groups is 1. The predicted molar refractivity (Wildman–Crippen MR) is 86.8 cm³/mol. The Labute approximate surface area is 137 Å². The molecule has 0 radical (unpaired) electrons. The Morgan fingerprint density at radius 3 is 2.83 bits per heavy atom. The molecule has 0 bridgehead atoms. The summed E-state index contributed by atoms with van der Waals surface area (Å²) < 4.78 is 6.93. The Balaban J connectivity index is 2.27. The molecule has 1 rings (SSSR count). The van der Waals surface area contributed by atoms with Crippen LogP contribution in [0, 0.1) is 5.92 Å². The first kappa shape index (κ1) is 19.4. The summed E-state index contributed by atoms with van der Waals surface area (Å²) in [6, 6.07) is 0. The van der Waals surface area contributed by atoms with Gasteiger partial charge in [-0.25, -0.2) is 9.48 Å². The number of nitrogens with zero attached hydrogens (tertiary/aromatic N) is 4. The lowest BCUT2D eigenvalue weighted by Crippen LogP contribution is -2.38. The van der Waals surface area contributed by atoms with Crippen LogP contribution in [-0.4, -0.2) is 63.4 Å².